The standard InChI is InChI=1S/C14H16FNO2S/c1-9-13(14(2,3)17)19-12(16-9)8-18-11-7-5-4-6-10(11)15/h4-7,17H,8H2,1-3H3. The zero-order chi connectivity index (χ0) is 14.0. The molecule has 2 aromatic rings. The molecule has 2 rings (SSSR count). The number of thiazole rings is 1. The average Bonchev–Trinajstić information content (AvgIpc) is 2.69. The summed E-state index contributed by atoms with van der Waals surface area (Å²) in [5.41, 5.74) is -0.137. The number of hydrogen-bond acceptors (Lipinski definition) is 4. The van der Waals surface area contributed by atoms with Crippen LogP contribution in [0.4, 0.5) is 4.39 Å². The molecule has 1 aromatic heterocycles. The lowest BCUT2D eigenvalue weighted by molar-refractivity contribution is 0.0817. The minimum Gasteiger partial charge on any atom is -0.483 e. The molecule has 1 N–H and O–H groups in total. The number of para-hydroxylation sites is 1. The fraction of sp³-hybridized carbons (Fsp3) is 0.357. The molecule has 0 bridgehead atoms. The third-order valence-electron chi connectivity index (χ3n) is 2.58. The Hall–Kier alpha value is -1.46. The van der Waals surface area contributed by atoms with Crippen molar-refractivity contribution in [3.8, 4) is 5.75 Å². The first kappa shape index (κ1) is 14.0. The summed E-state index contributed by atoms with van der Waals surface area (Å²) in [4.78, 5) is 5.14. The van der Waals surface area contributed by atoms with Crippen molar-refractivity contribution in [2.24, 2.45) is 0 Å². The monoisotopic (exact) mass is 281 g/mol. The van der Waals surface area contributed by atoms with Crippen LogP contribution in [0.5, 0.6) is 5.75 Å². The van der Waals surface area contributed by atoms with Crippen molar-refractivity contribution in [1.29, 1.82) is 0 Å². The normalized spacial score (nSPS) is 11.6. The Labute approximate surface area is 115 Å². The largest absolute Gasteiger partial charge is 0.483 e. The zero-order valence-corrected chi connectivity index (χ0v) is 11.9. The lowest BCUT2D eigenvalue weighted by Gasteiger charge is -2.14. The van der Waals surface area contributed by atoms with Gasteiger partial charge in [0.25, 0.3) is 0 Å². The number of benzene rings is 1. The molecule has 0 saturated carbocycles. The quantitative estimate of drug-likeness (QED) is 0.934. The van der Waals surface area contributed by atoms with E-state index in [4.69, 9.17) is 4.74 Å². The third-order valence-corrected chi connectivity index (χ3v) is 4.03. The molecule has 1 heterocycles. The van der Waals surface area contributed by atoms with Crippen LogP contribution in [0.3, 0.4) is 0 Å². The topological polar surface area (TPSA) is 42.4 Å². The van der Waals surface area contributed by atoms with Crippen LogP contribution in [0.15, 0.2) is 24.3 Å². The minimum atomic E-state index is -0.919. The highest BCUT2D eigenvalue weighted by Crippen LogP contribution is 2.30. The van der Waals surface area contributed by atoms with Gasteiger partial charge in [0.2, 0.25) is 0 Å². The van der Waals surface area contributed by atoms with Crippen molar-refractivity contribution in [2.75, 3.05) is 0 Å². The van der Waals surface area contributed by atoms with Gasteiger partial charge in [0.1, 0.15) is 11.6 Å². The third kappa shape index (κ3) is 3.30. The van der Waals surface area contributed by atoms with Gasteiger partial charge in [-0.1, -0.05) is 12.1 Å². The van der Waals surface area contributed by atoms with E-state index < -0.39 is 11.4 Å². The van der Waals surface area contributed by atoms with Crippen molar-refractivity contribution in [3.63, 3.8) is 0 Å². The second-order valence-electron chi connectivity index (χ2n) is 4.80. The molecule has 0 aliphatic heterocycles. The minimum absolute atomic E-state index is 0.197. The molecular formula is C14H16FNO2S. The summed E-state index contributed by atoms with van der Waals surface area (Å²) in [7, 11) is 0. The lowest BCUT2D eigenvalue weighted by atomic mass is 10.1. The summed E-state index contributed by atoms with van der Waals surface area (Å²) in [6.07, 6.45) is 0. The van der Waals surface area contributed by atoms with Crippen molar-refractivity contribution in [1.82, 2.24) is 4.98 Å². The Kier molecular flexibility index (Phi) is 3.87. The lowest BCUT2D eigenvalue weighted by Crippen LogP contribution is -2.14. The van der Waals surface area contributed by atoms with Crippen LogP contribution < -0.4 is 4.74 Å². The molecule has 0 unspecified atom stereocenters. The van der Waals surface area contributed by atoms with E-state index in [9.17, 15) is 9.50 Å². The number of hydrogen-bond donors (Lipinski definition) is 1. The van der Waals surface area contributed by atoms with Crippen molar-refractivity contribution in [3.05, 3.63) is 45.7 Å². The van der Waals surface area contributed by atoms with Gasteiger partial charge < -0.3 is 9.84 Å². The van der Waals surface area contributed by atoms with Gasteiger partial charge in [-0.15, -0.1) is 11.3 Å². The molecular weight excluding hydrogens is 265 g/mol. The van der Waals surface area contributed by atoms with Crippen LogP contribution in [0.25, 0.3) is 0 Å². The molecule has 0 fully saturated rings. The van der Waals surface area contributed by atoms with Crippen LogP contribution in [0.2, 0.25) is 0 Å². The molecule has 0 saturated heterocycles. The van der Waals surface area contributed by atoms with Gasteiger partial charge in [-0.05, 0) is 32.9 Å². The molecule has 3 nitrogen and oxygen atoms in total. The zero-order valence-electron chi connectivity index (χ0n) is 11.1. The summed E-state index contributed by atoms with van der Waals surface area (Å²) < 4.78 is 18.8. The average molecular weight is 281 g/mol. The second kappa shape index (κ2) is 5.27. The van der Waals surface area contributed by atoms with E-state index in [0.29, 0.717) is 0 Å². The maximum absolute atomic E-state index is 13.4. The van der Waals surface area contributed by atoms with Gasteiger partial charge in [-0.2, -0.15) is 0 Å². The van der Waals surface area contributed by atoms with Crippen LogP contribution in [0.1, 0.15) is 29.4 Å². The van der Waals surface area contributed by atoms with E-state index in [1.54, 1.807) is 32.0 Å². The van der Waals surface area contributed by atoms with E-state index >= 15 is 0 Å². The Bertz CT molecular complexity index is 575. The number of nitrogens with zero attached hydrogens (tertiary/aromatic N) is 1. The molecule has 0 spiro atoms. The number of ether oxygens (including phenoxy) is 1. The first-order valence-corrected chi connectivity index (χ1v) is 6.76. The Morgan fingerprint density at radius 2 is 2.05 bits per heavy atom. The van der Waals surface area contributed by atoms with E-state index in [2.05, 4.69) is 4.98 Å². The number of aliphatic hydroxyl groups is 1. The van der Waals surface area contributed by atoms with E-state index in [1.165, 1.54) is 17.4 Å². The molecule has 102 valence electrons. The molecule has 0 amide bonds. The highest BCUT2D eigenvalue weighted by atomic mass is 32.1. The van der Waals surface area contributed by atoms with Crippen LogP contribution in [-0.4, -0.2) is 10.1 Å². The SMILES string of the molecule is Cc1nc(COc2ccccc2F)sc1C(C)(C)O. The highest BCUT2D eigenvalue weighted by molar-refractivity contribution is 7.11. The van der Waals surface area contributed by atoms with E-state index in [1.807, 2.05) is 6.92 Å². The first-order chi connectivity index (χ1) is 8.88. The van der Waals surface area contributed by atoms with Crippen molar-refractivity contribution in [2.45, 2.75) is 33.0 Å². The van der Waals surface area contributed by atoms with Gasteiger partial charge in [-0.25, -0.2) is 9.37 Å². The summed E-state index contributed by atoms with van der Waals surface area (Å²) in [6, 6.07) is 6.26. The van der Waals surface area contributed by atoms with Crippen molar-refractivity contribution >= 4 is 11.3 Å². The van der Waals surface area contributed by atoms with Crippen LogP contribution in [-0.2, 0) is 12.2 Å². The van der Waals surface area contributed by atoms with Gasteiger partial charge in [0.15, 0.2) is 11.6 Å². The number of halogens is 1. The Morgan fingerprint density at radius 1 is 1.37 bits per heavy atom. The summed E-state index contributed by atoms with van der Waals surface area (Å²) in [6.45, 7) is 5.48. The number of aryl methyl sites for hydroxylation is 1. The predicted octanol–water partition coefficient (Wildman–Crippen LogP) is 3.40. The smallest absolute Gasteiger partial charge is 0.165 e. The molecule has 0 aliphatic carbocycles. The Balaban J connectivity index is 2.11. The van der Waals surface area contributed by atoms with Crippen molar-refractivity contribution < 1.29 is 14.2 Å². The molecule has 19 heavy (non-hydrogen) atoms. The summed E-state index contributed by atoms with van der Waals surface area (Å²) in [5, 5.41) is 10.7. The fourth-order valence-corrected chi connectivity index (χ4v) is 2.76. The van der Waals surface area contributed by atoms with Crippen LogP contribution in [0, 0.1) is 12.7 Å². The molecule has 5 heteroatoms. The molecule has 0 aliphatic rings. The second-order valence-corrected chi connectivity index (χ2v) is 5.88. The maximum Gasteiger partial charge on any atom is 0.165 e. The van der Waals surface area contributed by atoms with E-state index in [-0.39, 0.29) is 12.4 Å². The number of aromatic nitrogens is 1. The summed E-state index contributed by atoms with van der Waals surface area (Å²) in [5.74, 6) is -0.182. The predicted molar refractivity (Wildman–Crippen MR) is 72.8 cm³/mol. The Morgan fingerprint density at radius 3 is 2.63 bits per heavy atom. The van der Waals surface area contributed by atoms with Gasteiger partial charge in [0.05, 0.1) is 16.2 Å². The summed E-state index contributed by atoms with van der Waals surface area (Å²) >= 11 is 1.38. The van der Waals surface area contributed by atoms with E-state index in [0.717, 1.165) is 15.6 Å². The number of rotatable bonds is 4. The first-order valence-electron chi connectivity index (χ1n) is 5.94. The van der Waals surface area contributed by atoms with Gasteiger partial charge in [0, 0.05) is 0 Å². The fourth-order valence-electron chi connectivity index (χ4n) is 1.78. The molecule has 0 radical (unpaired) electrons. The van der Waals surface area contributed by atoms with Crippen LogP contribution >= 0.6 is 11.3 Å². The maximum atomic E-state index is 13.4. The molecule has 0 atom stereocenters. The highest BCUT2D eigenvalue weighted by Gasteiger charge is 2.23. The molecule has 1 aromatic carbocycles. The van der Waals surface area contributed by atoms with Gasteiger partial charge in [-0.3, -0.25) is 0 Å². The van der Waals surface area contributed by atoms with Gasteiger partial charge >= 0.3 is 0 Å².